The smallest absolute Gasteiger partial charge is 0.456 e. The van der Waals surface area contributed by atoms with Crippen molar-refractivity contribution >= 4 is 34.5 Å². The van der Waals surface area contributed by atoms with Crippen LogP contribution >= 0.6 is 0 Å². The normalized spacial score (nSPS) is 18.1. The van der Waals surface area contributed by atoms with E-state index < -0.39 is 12.5 Å². The molecular weight excluding hydrogens is 503 g/mol. The Bertz CT molecular complexity index is 1900. The molecule has 5 aromatic carbocycles. The van der Waals surface area contributed by atoms with Crippen LogP contribution in [0.1, 0.15) is 49.9 Å². The molecule has 0 saturated carbocycles. The van der Waals surface area contributed by atoms with Gasteiger partial charge in [0.15, 0.2) is 0 Å². The predicted molar refractivity (Wildman–Crippen MR) is 167 cm³/mol. The van der Waals surface area contributed by atoms with E-state index in [2.05, 4.69) is 131 Å². The van der Waals surface area contributed by atoms with Crippen molar-refractivity contribution in [2.24, 2.45) is 0 Å². The number of hydrogen-bond donors (Lipinski definition) is 0. The minimum atomic E-state index is -0.492. The third kappa shape index (κ3) is 3.35. The minimum Gasteiger partial charge on any atom is -0.456 e. The van der Waals surface area contributed by atoms with Gasteiger partial charge in [-0.1, -0.05) is 97.1 Å². The molecule has 1 saturated heterocycles. The Hall–Kier alpha value is -4.12. The maximum absolute atomic E-state index is 6.39. The van der Waals surface area contributed by atoms with Crippen molar-refractivity contribution in [1.82, 2.24) is 0 Å². The van der Waals surface area contributed by atoms with Crippen LogP contribution in [0.25, 0.3) is 33.1 Å². The van der Waals surface area contributed by atoms with E-state index in [0.29, 0.717) is 0 Å². The summed E-state index contributed by atoms with van der Waals surface area (Å²) in [6, 6.07) is 41.5. The van der Waals surface area contributed by atoms with E-state index in [0.717, 1.165) is 27.4 Å². The van der Waals surface area contributed by atoms with Crippen LogP contribution in [0.5, 0.6) is 0 Å². The number of benzene rings is 5. The van der Waals surface area contributed by atoms with Gasteiger partial charge in [-0.2, -0.15) is 0 Å². The first kappa shape index (κ1) is 24.7. The largest absolute Gasteiger partial charge is 0.494 e. The van der Waals surface area contributed by atoms with Crippen molar-refractivity contribution in [2.45, 2.75) is 44.3 Å². The van der Waals surface area contributed by atoms with Gasteiger partial charge in [0.2, 0.25) is 0 Å². The Labute approximate surface area is 240 Å². The summed E-state index contributed by atoms with van der Waals surface area (Å²) in [5, 5.41) is 2.27. The lowest BCUT2D eigenvalue weighted by Gasteiger charge is -2.34. The molecule has 200 valence electrons. The third-order valence-corrected chi connectivity index (χ3v) is 9.63. The molecule has 41 heavy (non-hydrogen) atoms. The second-order valence-corrected chi connectivity index (χ2v) is 12.4. The molecule has 0 N–H and O–H groups in total. The molecular formula is C37H31BO3. The van der Waals surface area contributed by atoms with Crippen LogP contribution in [-0.2, 0) is 14.7 Å². The van der Waals surface area contributed by atoms with Crippen LogP contribution in [-0.4, -0.2) is 18.3 Å². The molecule has 3 nitrogen and oxygen atoms in total. The predicted octanol–water partition coefficient (Wildman–Crippen LogP) is 8.25. The van der Waals surface area contributed by atoms with Gasteiger partial charge in [-0.15, -0.1) is 0 Å². The van der Waals surface area contributed by atoms with Crippen LogP contribution in [0.3, 0.4) is 0 Å². The maximum Gasteiger partial charge on any atom is 0.494 e. The lowest BCUT2D eigenvalue weighted by atomic mass is 9.66. The molecule has 8 rings (SSSR count). The Morgan fingerprint density at radius 2 is 1.05 bits per heavy atom. The highest BCUT2D eigenvalue weighted by Crippen LogP contribution is 2.56. The van der Waals surface area contributed by atoms with Gasteiger partial charge in [0.05, 0.1) is 16.6 Å². The summed E-state index contributed by atoms with van der Waals surface area (Å²) in [6.07, 6.45) is 0. The maximum atomic E-state index is 6.39. The van der Waals surface area contributed by atoms with Crippen LogP contribution in [0.15, 0.2) is 120 Å². The molecule has 0 spiro atoms. The summed E-state index contributed by atoms with van der Waals surface area (Å²) in [7, 11) is -0.401. The number of furan rings is 1. The first-order valence-corrected chi connectivity index (χ1v) is 14.4. The first-order chi connectivity index (χ1) is 19.8. The average Bonchev–Trinajstić information content (AvgIpc) is 3.58. The molecule has 0 radical (unpaired) electrons. The van der Waals surface area contributed by atoms with Crippen molar-refractivity contribution in [3.8, 4) is 11.1 Å². The fourth-order valence-electron chi connectivity index (χ4n) is 6.85. The summed E-state index contributed by atoms with van der Waals surface area (Å²) in [5.41, 5.74) is 9.13. The van der Waals surface area contributed by atoms with Gasteiger partial charge in [-0.25, -0.2) is 0 Å². The topological polar surface area (TPSA) is 31.6 Å². The fraction of sp³-hybridized carbons (Fsp3) is 0.189. The lowest BCUT2D eigenvalue weighted by molar-refractivity contribution is 0.00578. The summed E-state index contributed by atoms with van der Waals surface area (Å²) in [6.45, 7) is 8.38. The van der Waals surface area contributed by atoms with Crippen LogP contribution in [0.2, 0.25) is 0 Å². The van der Waals surface area contributed by atoms with E-state index in [9.17, 15) is 0 Å². The molecule has 1 fully saturated rings. The Kier molecular flexibility index (Phi) is 5.08. The monoisotopic (exact) mass is 534 g/mol. The molecule has 2 aliphatic rings. The highest BCUT2D eigenvalue weighted by Gasteiger charge is 2.52. The van der Waals surface area contributed by atoms with E-state index in [1.54, 1.807) is 0 Å². The van der Waals surface area contributed by atoms with E-state index in [-0.39, 0.29) is 11.2 Å². The summed E-state index contributed by atoms with van der Waals surface area (Å²) in [4.78, 5) is 0. The zero-order valence-corrected chi connectivity index (χ0v) is 23.8. The highest BCUT2D eigenvalue weighted by molar-refractivity contribution is 6.62. The molecule has 1 aromatic heterocycles. The number of para-hydroxylation sites is 1. The highest BCUT2D eigenvalue weighted by atomic mass is 16.7. The van der Waals surface area contributed by atoms with E-state index in [4.69, 9.17) is 13.7 Å². The van der Waals surface area contributed by atoms with Gasteiger partial charge in [0.25, 0.3) is 0 Å². The fourth-order valence-corrected chi connectivity index (χ4v) is 6.85. The van der Waals surface area contributed by atoms with Crippen molar-refractivity contribution in [2.75, 3.05) is 0 Å². The van der Waals surface area contributed by atoms with Crippen molar-refractivity contribution in [1.29, 1.82) is 0 Å². The molecule has 2 heterocycles. The zero-order chi connectivity index (χ0) is 28.0. The molecule has 0 bridgehead atoms. The van der Waals surface area contributed by atoms with E-state index in [1.165, 1.54) is 33.4 Å². The van der Waals surface area contributed by atoms with Crippen molar-refractivity contribution in [3.63, 3.8) is 0 Å². The van der Waals surface area contributed by atoms with Crippen molar-refractivity contribution in [3.05, 3.63) is 138 Å². The summed E-state index contributed by atoms with van der Waals surface area (Å²) >= 11 is 0. The molecule has 4 heteroatoms. The molecule has 6 aromatic rings. The van der Waals surface area contributed by atoms with Crippen LogP contribution in [0, 0.1) is 0 Å². The Balaban J connectivity index is 1.37. The van der Waals surface area contributed by atoms with E-state index in [1.807, 2.05) is 12.1 Å². The third-order valence-electron chi connectivity index (χ3n) is 9.63. The second kappa shape index (κ2) is 8.45. The first-order valence-electron chi connectivity index (χ1n) is 14.4. The van der Waals surface area contributed by atoms with Gasteiger partial charge in [-0.3, -0.25) is 0 Å². The van der Waals surface area contributed by atoms with Gasteiger partial charge in [0.1, 0.15) is 11.2 Å². The number of fused-ring (bicyclic) bond motifs is 6. The molecule has 0 atom stereocenters. The Morgan fingerprint density at radius 3 is 1.71 bits per heavy atom. The summed E-state index contributed by atoms with van der Waals surface area (Å²) < 4.78 is 19.0. The van der Waals surface area contributed by atoms with E-state index >= 15 is 0 Å². The average molecular weight is 534 g/mol. The second-order valence-electron chi connectivity index (χ2n) is 12.4. The quantitative estimate of drug-likeness (QED) is 0.214. The van der Waals surface area contributed by atoms with Crippen LogP contribution in [0.4, 0.5) is 0 Å². The summed E-state index contributed by atoms with van der Waals surface area (Å²) in [5.74, 6) is 0. The van der Waals surface area contributed by atoms with Gasteiger partial charge in [-0.05, 0) is 84.7 Å². The molecule has 1 aliphatic heterocycles. The molecule has 1 aliphatic carbocycles. The van der Waals surface area contributed by atoms with Crippen molar-refractivity contribution < 1.29 is 13.7 Å². The van der Waals surface area contributed by atoms with Gasteiger partial charge >= 0.3 is 7.12 Å². The minimum absolute atomic E-state index is 0.385. The lowest BCUT2D eigenvalue weighted by Crippen LogP contribution is -2.41. The molecule has 0 unspecified atom stereocenters. The standard InChI is InChI=1S/C37H31BO3/c1-35(2)36(3,4)41-38(40-35)26-20-17-24(18-21-26)37(31-14-8-5-11-27(31)28-12-6-9-15-32(28)37)25-19-22-34-30(23-25)29-13-7-10-16-33(29)39-34/h5-23H,1-4H3. The molecule has 0 amide bonds. The zero-order valence-electron chi connectivity index (χ0n) is 23.8. The Morgan fingerprint density at radius 1 is 0.512 bits per heavy atom. The SMILES string of the molecule is CC1(C)OB(c2ccc(C3(c4ccc5oc6ccccc6c5c4)c4ccccc4-c4ccccc43)cc2)OC1(C)C. The van der Waals surface area contributed by atoms with Crippen LogP contribution < -0.4 is 5.46 Å². The number of rotatable bonds is 3. The van der Waals surface area contributed by atoms with Gasteiger partial charge < -0.3 is 13.7 Å². The number of hydrogen-bond acceptors (Lipinski definition) is 3. The van der Waals surface area contributed by atoms with Gasteiger partial charge in [0, 0.05) is 10.8 Å².